The second-order valence-electron chi connectivity index (χ2n) is 4.58. The van der Waals surface area contributed by atoms with Crippen molar-refractivity contribution in [3.63, 3.8) is 0 Å². The molecule has 0 spiro atoms. The first-order chi connectivity index (χ1) is 7.61. The SMILES string of the molecule is CCCCCCCC(=O)NC(C#N)C(C)C. The maximum Gasteiger partial charge on any atom is 0.221 e. The van der Waals surface area contributed by atoms with E-state index in [0.717, 1.165) is 12.8 Å². The summed E-state index contributed by atoms with van der Waals surface area (Å²) >= 11 is 0. The molecule has 0 aliphatic heterocycles. The Morgan fingerprint density at radius 2 is 1.88 bits per heavy atom. The molecule has 3 nitrogen and oxygen atoms in total. The van der Waals surface area contributed by atoms with Crippen LogP contribution >= 0.6 is 0 Å². The number of hydrogen-bond acceptors (Lipinski definition) is 2. The topological polar surface area (TPSA) is 52.9 Å². The molecule has 16 heavy (non-hydrogen) atoms. The maximum atomic E-state index is 11.5. The van der Waals surface area contributed by atoms with Gasteiger partial charge in [-0.25, -0.2) is 0 Å². The van der Waals surface area contributed by atoms with Crippen molar-refractivity contribution in [1.82, 2.24) is 5.32 Å². The van der Waals surface area contributed by atoms with Gasteiger partial charge in [-0.15, -0.1) is 0 Å². The van der Waals surface area contributed by atoms with Gasteiger partial charge >= 0.3 is 0 Å². The Labute approximate surface area is 99.2 Å². The van der Waals surface area contributed by atoms with Crippen LogP contribution in [0.15, 0.2) is 0 Å². The molecule has 1 atom stereocenters. The summed E-state index contributed by atoms with van der Waals surface area (Å²) in [7, 11) is 0. The van der Waals surface area contributed by atoms with E-state index in [0.29, 0.717) is 6.42 Å². The molecule has 0 aliphatic rings. The van der Waals surface area contributed by atoms with E-state index < -0.39 is 0 Å². The Bertz CT molecular complexity index is 231. The van der Waals surface area contributed by atoms with Gasteiger partial charge in [0, 0.05) is 6.42 Å². The minimum atomic E-state index is -0.344. The largest absolute Gasteiger partial charge is 0.340 e. The molecule has 0 saturated carbocycles. The standard InChI is InChI=1S/C13H24N2O/c1-4-5-6-7-8-9-13(16)15-12(10-14)11(2)3/h11-12H,4-9H2,1-3H3,(H,15,16). The van der Waals surface area contributed by atoms with Gasteiger partial charge in [-0.05, 0) is 12.3 Å². The number of hydrogen-bond donors (Lipinski definition) is 1. The minimum Gasteiger partial charge on any atom is -0.340 e. The molecule has 0 aromatic carbocycles. The van der Waals surface area contributed by atoms with Crippen LogP contribution in [0, 0.1) is 17.2 Å². The van der Waals surface area contributed by atoms with Crippen molar-refractivity contribution >= 4 is 5.91 Å². The highest BCUT2D eigenvalue weighted by Gasteiger charge is 2.14. The number of nitrogens with zero attached hydrogens (tertiary/aromatic N) is 1. The quantitative estimate of drug-likeness (QED) is 0.644. The van der Waals surface area contributed by atoms with Gasteiger partial charge in [0.1, 0.15) is 6.04 Å². The number of nitrogens with one attached hydrogen (secondary N) is 1. The van der Waals surface area contributed by atoms with E-state index in [1.807, 2.05) is 13.8 Å². The fourth-order valence-corrected chi connectivity index (χ4v) is 1.48. The lowest BCUT2D eigenvalue weighted by molar-refractivity contribution is -0.121. The molecule has 0 aliphatic carbocycles. The van der Waals surface area contributed by atoms with Crippen molar-refractivity contribution in [3.05, 3.63) is 0 Å². The number of unbranched alkanes of at least 4 members (excludes halogenated alkanes) is 4. The van der Waals surface area contributed by atoms with Gasteiger partial charge in [0.25, 0.3) is 0 Å². The maximum absolute atomic E-state index is 11.5. The van der Waals surface area contributed by atoms with E-state index in [1.165, 1.54) is 19.3 Å². The van der Waals surface area contributed by atoms with Crippen LogP contribution < -0.4 is 5.32 Å². The van der Waals surface area contributed by atoms with Crippen molar-refractivity contribution in [1.29, 1.82) is 5.26 Å². The van der Waals surface area contributed by atoms with Crippen LogP contribution in [-0.4, -0.2) is 11.9 Å². The van der Waals surface area contributed by atoms with Gasteiger partial charge in [-0.1, -0.05) is 46.5 Å². The lowest BCUT2D eigenvalue weighted by Crippen LogP contribution is -2.37. The van der Waals surface area contributed by atoms with Gasteiger partial charge in [-0.2, -0.15) is 5.26 Å². The first-order valence-corrected chi connectivity index (χ1v) is 6.30. The van der Waals surface area contributed by atoms with Crippen molar-refractivity contribution in [3.8, 4) is 6.07 Å². The molecule has 1 N–H and O–H groups in total. The third-order valence-electron chi connectivity index (χ3n) is 2.63. The van der Waals surface area contributed by atoms with Crippen LogP contribution in [0.5, 0.6) is 0 Å². The summed E-state index contributed by atoms with van der Waals surface area (Å²) in [6.45, 7) is 6.05. The van der Waals surface area contributed by atoms with Gasteiger partial charge in [-0.3, -0.25) is 4.79 Å². The molecule has 1 amide bonds. The molecule has 1 unspecified atom stereocenters. The molecule has 0 aromatic heterocycles. The zero-order valence-corrected chi connectivity index (χ0v) is 10.8. The average Bonchev–Trinajstić information content (AvgIpc) is 2.25. The van der Waals surface area contributed by atoms with Crippen LogP contribution in [0.1, 0.15) is 59.3 Å². The van der Waals surface area contributed by atoms with E-state index >= 15 is 0 Å². The zero-order chi connectivity index (χ0) is 12.4. The number of carbonyl (C=O) groups is 1. The number of carbonyl (C=O) groups excluding carboxylic acids is 1. The fourth-order valence-electron chi connectivity index (χ4n) is 1.48. The summed E-state index contributed by atoms with van der Waals surface area (Å²) in [5.41, 5.74) is 0. The first kappa shape index (κ1) is 15.0. The Balaban J connectivity index is 3.62. The molecule has 0 bridgehead atoms. The molecular formula is C13H24N2O. The first-order valence-electron chi connectivity index (χ1n) is 6.30. The van der Waals surface area contributed by atoms with Gasteiger partial charge in [0.2, 0.25) is 5.91 Å². The smallest absolute Gasteiger partial charge is 0.221 e. The molecular weight excluding hydrogens is 200 g/mol. The Kier molecular flexibility index (Phi) is 8.61. The number of nitriles is 1. The lowest BCUT2D eigenvalue weighted by Gasteiger charge is -2.14. The molecule has 0 radical (unpaired) electrons. The molecule has 0 aromatic rings. The van der Waals surface area contributed by atoms with E-state index in [1.54, 1.807) is 0 Å². The van der Waals surface area contributed by atoms with Gasteiger partial charge < -0.3 is 5.32 Å². The Morgan fingerprint density at radius 3 is 2.38 bits per heavy atom. The predicted octanol–water partition coefficient (Wildman–Crippen LogP) is 3.01. The highest BCUT2D eigenvalue weighted by molar-refractivity contribution is 5.76. The van der Waals surface area contributed by atoms with Crippen molar-refractivity contribution in [2.75, 3.05) is 0 Å². The normalized spacial score (nSPS) is 12.2. The molecule has 0 rings (SSSR count). The van der Waals surface area contributed by atoms with Gasteiger partial charge in [0.05, 0.1) is 6.07 Å². The van der Waals surface area contributed by atoms with E-state index in [4.69, 9.17) is 5.26 Å². The summed E-state index contributed by atoms with van der Waals surface area (Å²) in [6, 6.07) is 1.77. The second-order valence-corrected chi connectivity index (χ2v) is 4.58. The Morgan fingerprint density at radius 1 is 1.25 bits per heavy atom. The Hall–Kier alpha value is -1.04. The molecule has 92 valence electrons. The lowest BCUT2D eigenvalue weighted by atomic mass is 10.1. The summed E-state index contributed by atoms with van der Waals surface area (Å²) in [5, 5.41) is 11.6. The van der Waals surface area contributed by atoms with E-state index in [2.05, 4.69) is 18.3 Å². The summed E-state index contributed by atoms with van der Waals surface area (Å²) in [5.74, 6) is 0.186. The van der Waals surface area contributed by atoms with Crippen molar-refractivity contribution in [2.24, 2.45) is 5.92 Å². The molecule has 0 saturated heterocycles. The summed E-state index contributed by atoms with van der Waals surface area (Å²) in [4.78, 5) is 11.5. The third kappa shape index (κ3) is 7.28. The van der Waals surface area contributed by atoms with Crippen LogP contribution in [0.25, 0.3) is 0 Å². The summed E-state index contributed by atoms with van der Waals surface area (Å²) < 4.78 is 0. The van der Waals surface area contributed by atoms with Crippen molar-refractivity contribution < 1.29 is 4.79 Å². The van der Waals surface area contributed by atoms with Crippen LogP contribution in [-0.2, 0) is 4.79 Å². The second kappa shape index (κ2) is 9.21. The van der Waals surface area contributed by atoms with E-state index in [-0.39, 0.29) is 17.9 Å². The molecule has 0 heterocycles. The average molecular weight is 224 g/mol. The summed E-state index contributed by atoms with van der Waals surface area (Å²) in [6.07, 6.45) is 6.26. The van der Waals surface area contributed by atoms with Crippen LogP contribution in [0.2, 0.25) is 0 Å². The van der Waals surface area contributed by atoms with Gasteiger partial charge in [0.15, 0.2) is 0 Å². The van der Waals surface area contributed by atoms with Crippen molar-refractivity contribution in [2.45, 2.75) is 65.3 Å². The molecule has 0 fully saturated rings. The van der Waals surface area contributed by atoms with Crippen LogP contribution in [0.3, 0.4) is 0 Å². The van der Waals surface area contributed by atoms with Crippen LogP contribution in [0.4, 0.5) is 0 Å². The molecule has 3 heteroatoms. The monoisotopic (exact) mass is 224 g/mol. The fraction of sp³-hybridized carbons (Fsp3) is 0.846. The highest BCUT2D eigenvalue weighted by Crippen LogP contribution is 2.06. The number of amides is 1. The third-order valence-corrected chi connectivity index (χ3v) is 2.63. The minimum absolute atomic E-state index is 0.0109. The van der Waals surface area contributed by atoms with E-state index in [9.17, 15) is 4.79 Å². The highest BCUT2D eigenvalue weighted by atomic mass is 16.1. The zero-order valence-electron chi connectivity index (χ0n) is 10.8. The number of rotatable bonds is 8. The predicted molar refractivity (Wildman–Crippen MR) is 65.8 cm³/mol.